The zero-order valence-corrected chi connectivity index (χ0v) is 17.9. The third-order valence-corrected chi connectivity index (χ3v) is 5.28. The van der Waals surface area contributed by atoms with E-state index in [2.05, 4.69) is 0 Å². The quantitative estimate of drug-likeness (QED) is 0.645. The van der Waals surface area contributed by atoms with Gasteiger partial charge in [-0.3, -0.25) is 9.59 Å². The van der Waals surface area contributed by atoms with E-state index in [1.165, 1.54) is 0 Å². The number of primary amides is 1. The molecular formula is C16H34N2O6Si. The van der Waals surface area contributed by atoms with Crippen molar-refractivity contribution in [3.05, 3.63) is 0 Å². The van der Waals surface area contributed by atoms with Crippen molar-refractivity contribution in [3.63, 3.8) is 0 Å². The molecule has 0 bridgehead atoms. The molecule has 1 atom stereocenters. The van der Waals surface area contributed by atoms with E-state index < -0.39 is 43.8 Å². The van der Waals surface area contributed by atoms with Crippen molar-refractivity contribution in [1.29, 1.82) is 0 Å². The smallest absolute Gasteiger partial charge is 0.451 e. The molecule has 8 nitrogen and oxygen atoms in total. The van der Waals surface area contributed by atoms with E-state index in [0.717, 1.165) is 0 Å². The zero-order chi connectivity index (χ0) is 20.3. The number of amides is 1. The Kier molecular flexibility index (Phi) is 7.80. The predicted molar refractivity (Wildman–Crippen MR) is 96.1 cm³/mol. The molecule has 0 spiro atoms. The van der Waals surface area contributed by atoms with Crippen molar-refractivity contribution in [2.45, 2.75) is 91.6 Å². The van der Waals surface area contributed by atoms with Crippen LogP contribution in [0.25, 0.3) is 0 Å². The second-order valence-electron chi connectivity index (χ2n) is 8.84. The number of carbonyl (C=O) groups excluding carboxylic acids is 2. The van der Waals surface area contributed by atoms with Crippen molar-refractivity contribution in [2.75, 3.05) is 0 Å². The number of hydrogen-bond acceptors (Lipinski definition) is 7. The maximum Gasteiger partial charge on any atom is 0.752 e. The summed E-state index contributed by atoms with van der Waals surface area (Å²) in [5.74, 6) is -1.56. The van der Waals surface area contributed by atoms with Crippen LogP contribution in [0, 0.1) is 0 Å². The summed E-state index contributed by atoms with van der Waals surface area (Å²) in [6.45, 7) is 16.2. The van der Waals surface area contributed by atoms with Crippen LogP contribution in [0.3, 0.4) is 0 Å². The molecule has 0 fully saturated rings. The standard InChI is InChI=1S/C16H34N2O6Si/c1-14(2,3)22-25(23-15(4,5)6,24-16(7,8)9)21-13(20)11(17)10-12(18)19/h11H,10,17H2,1-9H3,(H2,18,19)/t11-/m0/s1. The van der Waals surface area contributed by atoms with Crippen molar-refractivity contribution in [3.8, 4) is 0 Å². The van der Waals surface area contributed by atoms with Gasteiger partial charge in [0.15, 0.2) is 0 Å². The van der Waals surface area contributed by atoms with Crippen molar-refractivity contribution < 1.29 is 27.3 Å². The van der Waals surface area contributed by atoms with Crippen molar-refractivity contribution in [1.82, 2.24) is 0 Å². The predicted octanol–water partition coefficient (Wildman–Crippen LogP) is 1.61. The molecule has 4 N–H and O–H groups in total. The molecule has 25 heavy (non-hydrogen) atoms. The van der Waals surface area contributed by atoms with Crippen LogP contribution in [0.4, 0.5) is 0 Å². The van der Waals surface area contributed by atoms with Crippen LogP contribution < -0.4 is 11.5 Å². The van der Waals surface area contributed by atoms with Crippen molar-refractivity contribution in [2.24, 2.45) is 11.5 Å². The van der Waals surface area contributed by atoms with E-state index in [1.54, 1.807) is 62.3 Å². The van der Waals surface area contributed by atoms with E-state index in [0.29, 0.717) is 0 Å². The summed E-state index contributed by atoms with van der Waals surface area (Å²) in [5, 5.41) is 0. The minimum atomic E-state index is -3.96. The molecule has 0 heterocycles. The number of hydrogen-bond donors (Lipinski definition) is 2. The van der Waals surface area contributed by atoms with E-state index in [9.17, 15) is 9.59 Å². The van der Waals surface area contributed by atoms with Gasteiger partial charge in [0.25, 0.3) is 0 Å². The second kappa shape index (κ2) is 8.13. The normalized spacial score (nSPS) is 15.0. The Morgan fingerprint density at radius 1 is 0.840 bits per heavy atom. The van der Waals surface area contributed by atoms with Gasteiger partial charge in [-0.15, -0.1) is 0 Å². The number of nitrogens with two attached hydrogens (primary N) is 2. The molecule has 148 valence electrons. The highest BCUT2D eigenvalue weighted by molar-refractivity contribution is 6.56. The van der Waals surface area contributed by atoms with Gasteiger partial charge in [-0.05, 0) is 62.3 Å². The highest BCUT2D eigenvalue weighted by atomic mass is 28.4. The van der Waals surface area contributed by atoms with E-state index in [1.807, 2.05) is 0 Å². The van der Waals surface area contributed by atoms with Gasteiger partial charge in [0.05, 0.1) is 23.2 Å². The Labute approximate surface area is 152 Å². The van der Waals surface area contributed by atoms with E-state index in [4.69, 9.17) is 29.2 Å². The summed E-state index contributed by atoms with van der Waals surface area (Å²) >= 11 is 0. The minimum Gasteiger partial charge on any atom is -0.451 e. The highest BCUT2D eigenvalue weighted by Crippen LogP contribution is 2.30. The average molecular weight is 379 g/mol. The second-order valence-corrected chi connectivity index (χ2v) is 10.7. The minimum absolute atomic E-state index is 0.343. The Morgan fingerprint density at radius 3 is 1.40 bits per heavy atom. The van der Waals surface area contributed by atoms with E-state index in [-0.39, 0.29) is 6.42 Å². The average Bonchev–Trinajstić information content (AvgIpc) is 2.18. The summed E-state index contributed by atoms with van der Waals surface area (Å²) < 4.78 is 23.5. The summed E-state index contributed by atoms with van der Waals surface area (Å²) in [6, 6.07) is -1.22. The van der Waals surface area contributed by atoms with Gasteiger partial charge in [-0.1, -0.05) is 0 Å². The fraction of sp³-hybridized carbons (Fsp3) is 0.875. The largest absolute Gasteiger partial charge is 0.752 e. The molecule has 0 aromatic heterocycles. The lowest BCUT2D eigenvalue weighted by molar-refractivity contribution is -0.163. The Hall–Kier alpha value is -1.00. The molecule has 0 saturated heterocycles. The van der Waals surface area contributed by atoms with Gasteiger partial charge >= 0.3 is 15.0 Å². The molecule has 0 unspecified atom stereocenters. The number of rotatable bonds is 7. The first kappa shape index (κ1) is 24.0. The van der Waals surface area contributed by atoms with Gasteiger partial charge in [-0.25, -0.2) is 0 Å². The maximum absolute atomic E-state index is 12.4. The van der Waals surface area contributed by atoms with Crippen LogP contribution in [0.5, 0.6) is 0 Å². The number of carbonyl (C=O) groups is 2. The Bertz CT molecular complexity index is 436. The van der Waals surface area contributed by atoms with Gasteiger partial charge in [0.1, 0.15) is 6.04 Å². The van der Waals surface area contributed by atoms with Gasteiger partial charge in [0, 0.05) is 0 Å². The molecule has 1 amide bonds. The summed E-state index contributed by atoms with van der Waals surface area (Å²) in [7, 11) is -3.96. The lowest BCUT2D eigenvalue weighted by Crippen LogP contribution is -2.61. The van der Waals surface area contributed by atoms with Crippen LogP contribution in [0.15, 0.2) is 0 Å². The SMILES string of the molecule is CC(C)(C)O[Si](OC(=O)[C@@H](N)CC(N)=O)(OC(C)(C)C)OC(C)(C)C. The molecule has 0 radical (unpaired) electrons. The molecule has 0 aliphatic rings. The van der Waals surface area contributed by atoms with Crippen LogP contribution >= 0.6 is 0 Å². The van der Waals surface area contributed by atoms with Crippen LogP contribution in [-0.4, -0.2) is 43.8 Å². The molecule has 9 heteroatoms. The highest BCUT2D eigenvalue weighted by Gasteiger charge is 2.58. The third-order valence-electron chi connectivity index (χ3n) is 2.24. The Balaban J connectivity index is 5.79. The first-order valence-electron chi connectivity index (χ1n) is 8.21. The molecule has 0 saturated carbocycles. The summed E-state index contributed by atoms with van der Waals surface area (Å²) in [5.41, 5.74) is 8.65. The van der Waals surface area contributed by atoms with Crippen LogP contribution in [-0.2, 0) is 27.3 Å². The Morgan fingerprint density at radius 2 is 1.16 bits per heavy atom. The lowest BCUT2D eigenvalue weighted by atomic mass is 10.2. The molecule has 0 rings (SSSR count). The van der Waals surface area contributed by atoms with Crippen LogP contribution in [0.1, 0.15) is 68.7 Å². The monoisotopic (exact) mass is 378 g/mol. The first-order chi connectivity index (χ1) is 10.8. The molecule has 0 aromatic carbocycles. The van der Waals surface area contributed by atoms with Crippen molar-refractivity contribution >= 4 is 20.9 Å². The van der Waals surface area contributed by atoms with Gasteiger partial charge in [0.2, 0.25) is 5.91 Å². The topological polar surface area (TPSA) is 123 Å². The van der Waals surface area contributed by atoms with E-state index >= 15 is 0 Å². The molecule has 0 aliphatic carbocycles. The fourth-order valence-corrected chi connectivity index (χ4v) is 4.65. The zero-order valence-electron chi connectivity index (χ0n) is 16.9. The summed E-state index contributed by atoms with van der Waals surface area (Å²) in [4.78, 5) is 23.4. The molecule has 0 aromatic rings. The van der Waals surface area contributed by atoms with Crippen LogP contribution in [0.2, 0.25) is 0 Å². The molecule has 0 aliphatic heterocycles. The molecular weight excluding hydrogens is 344 g/mol. The van der Waals surface area contributed by atoms with Gasteiger partial charge in [-0.2, -0.15) is 0 Å². The lowest BCUT2D eigenvalue weighted by Gasteiger charge is -2.40. The third kappa shape index (κ3) is 11.3. The fourth-order valence-electron chi connectivity index (χ4n) is 1.75. The van der Waals surface area contributed by atoms with Gasteiger partial charge < -0.3 is 29.2 Å². The maximum atomic E-state index is 12.4. The summed E-state index contributed by atoms with van der Waals surface area (Å²) in [6.07, 6.45) is -0.343. The first-order valence-corrected chi connectivity index (χ1v) is 9.85.